The quantitative estimate of drug-likeness (QED) is 0.843. The van der Waals surface area contributed by atoms with Crippen LogP contribution in [0.1, 0.15) is 61.4 Å². The van der Waals surface area contributed by atoms with Crippen LogP contribution in [0.3, 0.4) is 0 Å². The highest BCUT2D eigenvalue weighted by Crippen LogP contribution is 2.34. The molecular formula is C20H30N2O2. The largest absolute Gasteiger partial charge is 0.396 e. The Kier molecular flexibility index (Phi) is 5.57. The monoisotopic (exact) mass is 330 g/mol. The van der Waals surface area contributed by atoms with Crippen LogP contribution in [0.4, 0.5) is 0 Å². The van der Waals surface area contributed by atoms with E-state index in [1.807, 2.05) is 12.1 Å². The third kappa shape index (κ3) is 3.98. The van der Waals surface area contributed by atoms with Crippen molar-refractivity contribution in [3.05, 3.63) is 35.4 Å². The van der Waals surface area contributed by atoms with E-state index >= 15 is 0 Å². The molecule has 3 rings (SSSR count). The van der Waals surface area contributed by atoms with Crippen molar-refractivity contribution in [2.45, 2.75) is 57.5 Å². The SMILES string of the molecule is CCC1(NC(=O)c2ccc(CN3CCC(CO)CC3)cc2)CCC1. The normalized spacial score (nSPS) is 21.2. The van der Waals surface area contributed by atoms with Gasteiger partial charge in [0.25, 0.3) is 5.91 Å². The summed E-state index contributed by atoms with van der Waals surface area (Å²) in [6.45, 7) is 5.50. The molecule has 4 heteroatoms. The first kappa shape index (κ1) is 17.4. The Labute approximate surface area is 145 Å². The van der Waals surface area contributed by atoms with E-state index in [1.54, 1.807) is 0 Å². The number of amides is 1. The fourth-order valence-corrected chi connectivity index (χ4v) is 3.83. The fraction of sp³-hybridized carbons (Fsp3) is 0.650. The van der Waals surface area contributed by atoms with Gasteiger partial charge in [-0.25, -0.2) is 0 Å². The number of nitrogens with one attached hydrogen (secondary N) is 1. The highest BCUT2D eigenvalue weighted by molar-refractivity contribution is 5.94. The lowest BCUT2D eigenvalue weighted by molar-refractivity contribution is 0.0820. The molecular weight excluding hydrogens is 300 g/mol. The zero-order chi connectivity index (χ0) is 17.0. The maximum absolute atomic E-state index is 12.4. The lowest BCUT2D eigenvalue weighted by Gasteiger charge is -2.42. The van der Waals surface area contributed by atoms with Crippen molar-refractivity contribution in [3.63, 3.8) is 0 Å². The van der Waals surface area contributed by atoms with E-state index in [9.17, 15) is 9.90 Å². The van der Waals surface area contributed by atoms with Crippen molar-refractivity contribution < 1.29 is 9.90 Å². The van der Waals surface area contributed by atoms with E-state index in [0.29, 0.717) is 12.5 Å². The number of nitrogens with zero attached hydrogens (tertiary/aromatic N) is 1. The molecule has 0 aromatic heterocycles. The van der Waals surface area contributed by atoms with Crippen LogP contribution in [0.25, 0.3) is 0 Å². The third-order valence-electron chi connectivity index (χ3n) is 5.95. The van der Waals surface area contributed by atoms with E-state index in [4.69, 9.17) is 0 Å². The van der Waals surface area contributed by atoms with E-state index in [1.165, 1.54) is 12.0 Å². The molecule has 1 aromatic carbocycles. The maximum atomic E-state index is 12.4. The van der Waals surface area contributed by atoms with Crippen LogP contribution in [-0.2, 0) is 6.54 Å². The van der Waals surface area contributed by atoms with Gasteiger partial charge in [0.15, 0.2) is 0 Å². The lowest BCUT2D eigenvalue weighted by Crippen LogP contribution is -2.52. The van der Waals surface area contributed by atoms with E-state index < -0.39 is 0 Å². The molecule has 1 heterocycles. The molecule has 2 N–H and O–H groups in total. The Morgan fingerprint density at radius 2 is 1.92 bits per heavy atom. The second kappa shape index (κ2) is 7.66. The number of piperidine rings is 1. The van der Waals surface area contributed by atoms with Gasteiger partial charge in [0, 0.05) is 24.3 Å². The van der Waals surface area contributed by atoms with Crippen LogP contribution in [-0.4, -0.2) is 41.1 Å². The molecule has 24 heavy (non-hydrogen) atoms. The van der Waals surface area contributed by atoms with Crippen molar-refractivity contribution in [3.8, 4) is 0 Å². The second-order valence-electron chi connectivity index (χ2n) is 7.54. The molecule has 1 aliphatic heterocycles. The summed E-state index contributed by atoms with van der Waals surface area (Å²) in [5, 5.41) is 12.4. The first-order chi connectivity index (χ1) is 11.6. The summed E-state index contributed by atoms with van der Waals surface area (Å²) in [5.41, 5.74) is 2.06. The molecule has 1 saturated heterocycles. The molecule has 2 fully saturated rings. The highest BCUT2D eigenvalue weighted by atomic mass is 16.3. The molecule has 0 bridgehead atoms. The Morgan fingerprint density at radius 1 is 1.25 bits per heavy atom. The van der Waals surface area contributed by atoms with E-state index in [2.05, 4.69) is 29.3 Å². The van der Waals surface area contributed by atoms with Gasteiger partial charge in [-0.2, -0.15) is 0 Å². The van der Waals surface area contributed by atoms with Gasteiger partial charge in [-0.15, -0.1) is 0 Å². The maximum Gasteiger partial charge on any atom is 0.251 e. The number of aliphatic hydroxyl groups is 1. The molecule has 1 amide bonds. The minimum atomic E-state index is 0.0484. The number of benzene rings is 1. The van der Waals surface area contributed by atoms with Gasteiger partial charge in [-0.3, -0.25) is 9.69 Å². The summed E-state index contributed by atoms with van der Waals surface area (Å²) in [4.78, 5) is 14.9. The average Bonchev–Trinajstić information content (AvgIpc) is 2.59. The number of hydrogen-bond donors (Lipinski definition) is 2. The summed E-state index contributed by atoms with van der Waals surface area (Å²) >= 11 is 0. The standard InChI is InChI=1S/C20H30N2O2/c1-2-20(10-3-11-20)21-19(24)18-6-4-16(5-7-18)14-22-12-8-17(15-23)9-13-22/h4-7,17,23H,2-3,8-15H2,1H3,(H,21,24). The smallest absolute Gasteiger partial charge is 0.251 e. The van der Waals surface area contributed by atoms with Crippen LogP contribution in [0.2, 0.25) is 0 Å². The minimum Gasteiger partial charge on any atom is -0.396 e. The number of rotatable bonds is 6. The first-order valence-electron chi connectivity index (χ1n) is 9.39. The molecule has 1 aliphatic carbocycles. The summed E-state index contributed by atoms with van der Waals surface area (Å²) in [6.07, 6.45) is 6.61. The Balaban J connectivity index is 1.52. The van der Waals surface area contributed by atoms with Crippen molar-refractivity contribution in [1.29, 1.82) is 0 Å². The Morgan fingerprint density at radius 3 is 2.42 bits per heavy atom. The van der Waals surface area contributed by atoms with Crippen LogP contribution in [0.15, 0.2) is 24.3 Å². The van der Waals surface area contributed by atoms with Crippen molar-refractivity contribution in [2.75, 3.05) is 19.7 Å². The first-order valence-corrected chi connectivity index (χ1v) is 9.39. The Bertz CT molecular complexity index is 538. The average molecular weight is 330 g/mol. The molecule has 4 nitrogen and oxygen atoms in total. The van der Waals surface area contributed by atoms with Gasteiger partial charge in [-0.05, 0) is 75.2 Å². The minimum absolute atomic E-state index is 0.0484. The highest BCUT2D eigenvalue weighted by Gasteiger charge is 2.36. The predicted molar refractivity (Wildman–Crippen MR) is 95.9 cm³/mol. The van der Waals surface area contributed by atoms with Gasteiger partial charge in [0.1, 0.15) is 0 Å². The molecule has 2 aliphatic rings. The van der Waals surface area contributed by atoms with Crippen LogP contribution in [0, 0.1) is 5.92 Å². The van der Waals surface area contributed by atoms with E-state index in [-0.39, 0.29) is 11.4 Å². The fourth-order valence-electron chi connectivity index (χ4n) is 3.83. The molecule has 0 unspecified atom stereocenters. The summed E-state index contributed by atoms with van der Waals surface area (Å²) in [7, 11) is 0. The predicted octanol–water partition coefficient (Wildman–Crippen LogP) is 2.95. The number of carbonyl (C=O) groups is 1. The van der Waals surface area contributed by atoms with Crippen LogP contribution in [0.5, 0.6) is 0 Å². The lowest BCUT2D eigenvalue weighted by atomic mass is 9.74. The number of hydrogen-bond acceptors (Lipinski definition) is 3. The number of carbonyl (C=O) groups excluding carboxylic acids is 1. The van der Waals surface area contributed by atoms with Crippen LogP contribution < -0.4 is 5.32 Å². The zero-order valence-electron chi connectivity index (χ0n) is 14.8. The van der Waals surface area contributed by atoms with Crippen molar-refractivity contribution in [1.82, 2.24) is 10.2 Å². The summed E-state index contributed by atoms with van der Waals surface area (Å²) < 4.78 is 0. The van der Waals surface area contributed by atoms with Gasteiger partial charge >= 0.3 is 0 Å². The summed E-state index contributed by atoms with van der Waals surface area (Å²) in [5.74, 6) is 0.538. The van der Waals surface area contributed by atoms with E-state index in [0.717, 1.165) is 57.3 Å². The van der Waals surface area contributed by atoms with Gasteiger partial charge in [-0.1, -0.05) is 19.1 Å². The molecule has 0 radical (unpaired) electrons. The molecule has 132 valence electrons. The third-order valence-corrected chi connectivity index (χ3v) is 5.95. The molecule has 1 aromatic rings. The van der Waals surface area contributed by atoms with Gasteiger partial charge < -0.3 is 10.4 Å². The number of likely N-dealkylation sites (tertiary alicyclic amines) is 1. The molecule has 1 saturated carbocycles. The van der Waals surface area contributed by atoms with Crippen LogP contribution >= 0.6 is 0 Å². The van der Waals surface area contributed by atoms with Crippen molar-refractivity contribution >= 4 is 5.91 Å². The Hall–Kier alpha value is -1.39. The molecule has 0 atom stereocenters. The zero-order valence-corrected chi connectivity index (χ0v) is 14.8. The summed E-state index contributed by atoms with van der Waals surface area (Å²) in [6, 6.07) is 8.05. The second-order valence-corrected chi connectivity index (χ2v) is 7.54. The van der Waals surface area contributed by atoms with Gasteiger partial charge in [0.05, 0.1) is 0 Å². The number of aliphatic hydroxyl groups excluding tert-OH is 1. The van der Waals surface area contributed by atoms with Crippen molar-refractivity contribution in [2.24, 2.45) is 5.92 Å². The topological polar surface area (TPSA) is 52.6 Å². The molecule has 0 spiro atoms. The van der Waals surface area contributed by atoms with Gasteiger partial charge in [0.2, 0.25) is 0 Å².